The second kappa shape index (κ2) is 7.51. The van der Waals surface area contributed by atoms with Crippen LogP contribution in [0, 0.1) is 5.92 Å². The van der Waals surface area contributed by atoms with Gasteiger partial charge in [0.05, 0.1) is 11.1 Å². The summed E-state index contributed by atoms with van der Waals surface area (Å²) in [6.45, 7) is 5.55. The maximum atomic E-state index is 13.3. The van der Waals surface area contributed by atoms with E-state index >= 15 is 0 Å². The number of anilines is 1. The number of ether oxygens (including phenoxy) is 1. The molecule has 0 spiro atoms. The molecule has 2 aromatic heterocycles. The predicted molar refractivity (Wildman–Crippen MR) is 122 cm³/mol. The van der Waals surface area contributed by atoms with E-state index < -0.39 is 12.1 Å². The lowest BCUT2D eigenvalue weighted by atomic mass is 9.89. The molecule has 0 fully saturated rings. The fraction of sp³-hybridized carbons (Fsp3) is 0.435. The predicted octanol–water partition coefficient (Wildman–Crippen LogP) is 3.17. The van der Waals surface area contributed by atoms with Crippen LogP contribution in [0.5, 0.6) is 5.75 Å². The third-order valence-corrected chi connectivity index (χ3v) is 7.62. The molecule has 2 aliphatic rings. The first kappa shape index (κ1) is 20.8. The van der Waals surface area contributed by atoms with Gasteiger partial charge in [-0.25, -0.2) is 0 Å². The highest BCUT2D eigenvalue weighted by atomic mass is 32.1. The first-order valence-electron chi connectivity index (χ1n) is 10.8. The summed E-state index contributed by atoms with van der Waals surface area (Å²) >= 11 is 1.54. The van der Waals surface area contributed by atoms with Crippen LogP contribution in [-0.4, -0.2) is 39.8 Å². The molecule has 32 heavy (non-hydrogen) atoms. The molecule has 0 saturated carbocycles. The number of carbonyl (C=O) groups excluding carboxylic acids is 2. The summed E-state index contributed by atoms with van der Waals surface area (Å²) in [7, 11) is 1.66. The molecule has 8 nitrogen and oxygen atoms in total. The normalized spacial score (nSPS) is 21.1. The van der Waals surface area contributed by atoms with Crippen molar-refractivity contribution < 1.29 is 14.3 Å². The van der Waals surface area contributed by atoms with Crippen molar-refractivity contribution in [3.05, 3.63) is 44.6 Å². The summed E-state index contributed by atoms with van der Waals surface area (Å²) in [6.07, 6.45) is 2.26. The highest BCUT2D eigenvalue weighted by molar-refractivity contribution is 7.18. The van der Waals surface area contributed by atoms with E-state index in [0.29, 0.717) is 33.1 Å². The number of hydrogen-bond acceptors (Lipinski definition) is 7. The van der Waals surface area contributed by atoms with Crippen LogP contribution in [0.3, 0.4) is 0 Å². The molecule has 1 aliphatic carbocycles. The van der Waals surface area contributed by atoms with Crippen LogP contribution in [0.2, 0.25) is 0 Å². The second-order valence-corrected chi connectivity index (χ2v) is 9.83. The third kappa shape index (κ3) is 3.14. The Morgan fingerprint density at radius 3 is 2.84 bits per heavy atom. The quantitative estimate of drug-likeness (QED) is 0.567. The van der Waals surface area contributed by atoms with Crippen LogP contribution >= 0.6 is 11.3 Å². The van der Waals surface area contributed by atoms with E-state index in [4.69, 9.17) is 4.74 Å². The van der Waals surface area contributed by atoms with Gasteiger partial charge in [0, 0.05) is 17.5 Å². The number of amides is 1. The van der Waals surface area contributed by atoms with Gasteiger partial charge < -0.3 is 9.64 Å². The van der Waals surface area contributed by atoms with Gasteiger partial charge in [0.15, 0.2) is 16.7 Å². The Balaban J connectivity index is 1.52. The summed E-state index contributed by atoms with van der Waals surface area (Å²) in [5.41, 5.74) is 1.70. The zero-order chi connectivity index (χ0) is 22.7. The molecule has 0 saturated heterocycles. The van der Waals surface area contributed by atoms with E-state index in [1.54, 1.807) is 39.1 Å². The number of ketones is 1. The minimum atomic E-state index is -0.833. The number of thiophene rings is 1. The Bertz CT molecular complexity index is 1330. The van der Waals surface area contributed by atoms with Crippen molar-refractivity contribution >= 4 is 38.9 Å². The summed E-state index contributed by atoms with van der Waals surface area (Å²) in [6, 6.07) is 4.13. The van der Waals surface area contributed by atoms with Crippen molar-refractivity contribution in [2.45, 2.75) is 52.2 Å². The minimum Gasteiger partial charge on any atom is -0.479 e. The maximum absolute atomic E-state index is 13.3. The molecule has 0 bridgehead atoms. The topological polar surface area (TPSA) is 94.4 Å². The Hall–Kier alpha value is -3.07. The molecule has 3 heterocycles. The highest BCUT2D eigenvalue weighted by Gasteiger charge is 2.31. The van der Waals surface area contributed by atoms with Gasteiger partial charge in [-0.05, 0) is 62.8 Å². The number of aryl methyl sites for hydroxylation is 1. The Labute approximate surface area is 188 Å². The summed E-state index contributed by atoms with van der Waals surface area (Å²) in [5.74, 6) is 0.675. The number of fused-ring (bicyclic) bond motifs is 4. The van der Waals surface area contributed by atoms with E-state index in [-0.39, 0.29) is 17.2 Å². The molecule has 9 heteroatoms. The molecule has 0 N–H and O–H groups in total. The van der Waals surface area contributed by atoms with Crippen LogP contribution in [0.4, 0.5) is 5.69 Å². The summed E-state index contributed by atoms with van der Waals surface area (Å²) in [5, 5.41) is 8.97. The van der Waals surface area contributed by atoms with Crippen molar-refractivity contribution in [3.63, 3.8) is 0 Å². The van der Waals surface area contributed by atoms with Crippen LogP contribution in [0.1, 0.15) is 54.0 Å². The van der Waals surface area contributed by atoms with E-state index in [1.165, 1.54) is 25.8 Å². The Morgan fingerprint density at radius 1 is 1.28 bits per heavy atom. The fourth-order valence-corrected chi connectivity index (χ4v) is 5.86. The van der Waals surface area contributed by atoms with Gasteiger partial charge in [-0.2, -0.15) is 4.68 Å². The van der Waals surface area contributed by atoms with Gasteiger partial charge in [-0.15, -0.1) is 16.4 Å². The average molecular weight is 453 g/mol. The van der Waals surface area contributed by atoms with Gasteiger partial charge in [-0.3, -0.25) is 14.4 Å². The number of nitrogens with zero attached hydrogens (tertiary/aromatic N) is 4. The molecule has 166 valence electrons. The van der Waals surface area contributed by atoms with Crippen LogP contribution in [0.15, 0.2) is 23.0 Å². The third-order valence-electron chi connectivity index (χ3n) is 6.48. The molecule has 1 aromatic carbocycles. The lowest BCUT2D eigenvalue weighted by molar-refractivity contribution is -0.125. The smallest absolute Gasteiger partial charge is 0.279 e. The number of benzene rings is 1. The van der Waals surface area contributed by atoms with Crippen molar-refractivity contribution in [3.8, 4) is 5.75 Å². The van der Waals surface area contributed by atoms with Crippen molar-refractivity contribution in [2.24, 2.45) is 5.92 Å². The molecule has 3 aromatic rings. The van der Waals surface area contributed by atoms with Gasteiger partial charge >= 0.3 is 0 Å². The van der Waals surface area contributed by atoms with Gasteiger partial charge in [0.1, 0.15) is 11.8 Å². The lowest BCUT2D eigenvalue weighted by Crippen LogP contribution is -2.42. The minimum absolute atomic E-state index is 0.181. The second-order valence-electron chi connectivity index (χ2n) is 8.75. The molecule has 0 radical (unpaired) electrons. The number of likely N-dealkylation sites (N-methyl/N-ethyl adjacent to an activating group) is 1. The number of Topliss-reactive ketones (excluding diaryl/α,β-unsaturated/α-hetero) is 1. The molecule has 1 amide bonds. The highest BCUT2D eigenvalue weighted by Crippen LogP contribution is 2.36. The van der Waals surface area contributed by atoms with Gasteiger partial charge in [0.25, 0.3) is 11.5 Å². The molecule has 3 atom stereocenters. The number of rotatable bonds is 3. The first-order valence-corrected chi connectivity index (χ1v) is 11.6. The number of aromatic nitrogens is 3. The SMILES string of the molecule is CC1CCc2c(sc3nnn(C(C)C(=O)c4ccc5c(c4)N(C)C(=O)C(C)O5)c(=O)c23)C1. The largest absolute Gasteiger partial charge is 0.479 e. The molecular formula is C23H24N4O4S. The van der Waals surface area contributed by atoms with Crippen LogP contribution in [-0.2, 0) is 17.6 Å². The standard InChI is InChI=1S/C23H24N4O4S/c1-11-5-7-15-18(9-11)32-21-19(15)23(30)27(25-24-21)12(2)20(28)14-6-8-17-16(10-14)26(4)22(29)13(3)31-17/h6,8,10-13H,5,7,9H2,1-4H3. The molecular weight excluding hydrogens is 428 g/mol. The fourth-order valence-electron chi connectivity index (χ4n) is 4.54. The van der Waals surface area contributed by atoms with Crippen molar-refractivity contribution in [2.75, 3.05) is 11.9 Å². The zero-order valence-electron chi connectivity index (χ0n) is 18.4. The van der Waals surface area contributed by atoms with E-state index in [1.807, 2.05) is 0 Å². The van der Waals surface area contributed by atoms with Crippen LogP contribution < -0.4 is 15.2 Å². The van der Waals surface area contributed by atoms with Crippen LogP contribution in [0.25, 0.3) is 10.2 Å². The lowest BCUT2D eigenvalue weighted by Gasteiger charge is -2.30. The van der Waals surface area contributed by atoms with Gasteiger partial charge in [-0.1, -0.05) is 12.1 Å². The molecule has 1 aliphatic heterocycles. The van der Waals surface area contributed by atoms with Crippen molar-refractivity contribution in [1.29, 1.82) is 0 Å². The van der Waals surface area contributed by atoms with E-state index in [0.717, 1.165) is 24.8 Å². The first-order chi connectivity index (χ1) is 15.3. The summed E-state index contributed by atoms with van der Waals surface area (Å²) in [4.78, 5) is 42.2. The monoisotopic (exact) mass is 452 g/mol. The van der Waals surface area contributed by atoms with Crippen molar-refractivity contribution in [1.82, 2.24) is 15.0 Å². The Morgan fingerprint density at radius 2 is 2.06 bits per heavy atom. The Kier molecular flexibility index (Phi) is 4.88. The number of carbonyl (C=O) groups is 2. The van der Waals surface area contributed by atoms with Gasteiger partial charge in [0.2, 0.25) is 0 Å². The number of hydrogen-bond donors (Lipinski definition) is 0. The molecule has 3 unspecified atom stereocenters. The van der Waals surface area contributed by atoms with E-state index in [9.17, 15) is 14.4 Å². The average Bonchev–Trinajstić information content (AvgIpc) is 3.15. The maximum Gasteiger partial charge on any atom is 0.279 e. The summed E-state index contributed by atoms with van der Waals surface area (Å²) < 4.78 is 6.82. The molecule has 5 rings (SSSR count). The van der Waals surface area contributed by atoms with E-state index in [2.05, 4.69) is 17.2 Å². The zero-order valence-corrected chi connectivity index (χ0v) is 19.2.